The van der Waals surface area contributed by atoms with Gasteiger partial charge in [-0.1, -0.05) is 0 Å². The van der Waals surface area contributed by atoms with Crippen molar-refractivity contribution in [3.8, 4) is 0 Å². The van der Waals surface area contributed by atoms with Crippen molar-refractivity contribution in [2.75, 3.05) is 7.11 Å². The fourth-order valence-corrected chi connectivity index (χ4v) is 1.54. The molecule has 2 rings (SSSR count). The zero-order chi connectivity index (χ0) is 9.42. The van der Waals surface area contributed by atoms with E-state index in [1.165, 1.54) is 7.11 Å². The van der Waals surface area contributed by atoms with Crippen molar-refractivity contribution in [1.29, 1.82) is 0 Å². The normalized spacial score (nSPS) is 14.5. The molecule has 5 nitrogen and oxygen atoms in total. The minimum atomic E-state index is -0.288. The first-order valence-electron chi connectivity index (χ1n) is 4.08. The van der Waals surface area contributed by atoms with Crippen LogP contribution in [0.2, 0.25) is 0 Å². The van der Waals surface area contributed by atoms with Crippen molar-refractivity contribution in [1.82, 2.24) is 15.1 Å². The lowest BCUT2D eigenvalue weighted by Gasteiger charge is -2.12. The van der Waals surface area contributed by atoms with Crippen LogP contribution in [-0.4, -0.2) is 28.3 Å². The first kappa shape index (κ1) is 8.10. The largest absolute Gasteiger partial charge is 0.453 e. The maximum Gasteiger partial charge on any atom is 0.410 e. The molecular weight excluding hydrogens is 170 g/mol. The van der Waals surface area contributed by atoms with Crippen molar-refractivity contribution >= 4 is 6.09 Å². The minimum absolute atomic E-state index is 0.288. The van der Waals surface area contributed by atoms with Gasteiger partial charge in [0, 0.05) is 5.56 Å². The maximum atomic E-state index is 11.2. The number of hydrogen-bond donors (Lipinski definition) is 1. The molecule has 2 heterocycles. The molecule has 5 heteroatoms. The number of amides is 1. The van der Waals surface area contributed by atoms with Gasteiger partial charge in [0.2, 0.25) is 0 Å². The van der Waals surface area contributed by atoms with Crippen molar-refractivity contribution in [2.45, 2.75) is 20.0 Å². The van der Waals surface area contributed by atoms with E-state index >= 15 is 0 Å². The monoisotopic (exact) mass is 181 g/mol. The molecule has 70 valence electrons. The number of H-pyrrole nitrogens is 1. The van der Waals surface area contributed by atoms with Gasteiger partial charge in [-0.3, -0.25) is 10.00 Å². The number of rotatable bonds is 0. The summed E-state index contributed by atoms with van der Waals surface area (Å²) in [5.41, 5.74) is 3.09. The number of fused-ring (bicyclic) bond motifs is 1. The smallest absolute Gasteiger partial charge is 0.410 e. The Morgan fingerprint density at radius 3 is 3.00 bits per heavy atom. The Balaban J connectivity index is 2.18. The van der Waals surface area contributed by atoms with Gasteiger partial charge < -0.3 is 4.74 Å². The Morgan fingerprint density at radius 2 is 2.38 bits per heavy atom. The van der Waals surface area contributed by atoms with Gasteiger partial charge in [0.1, 0.15) is 0 Å². The molecule has 0 atom stereocenters. The van der Waals surface area contributed by atoms with Crippen molar-refractivity contribution in [3.05, 3.63) is 17.0 Å². The van der Waals surface area contributed by atoms with Crippen LogP contribution >= 0.6 is 0 Å². The highest BCUT2D eigenvalue weighted by Crippen LogP contribution is 2.23. The van der Waals surface area contributed by atoms with Crippen LogP contribution in [0.1, 0.15) is 17.0 Å². The van der Waals surface area contributed by atoms with Crippen molar-refractivity contribution < 1.29 is 9.53 Å². The molecule has 1 aromatic rings. The number of nitrogens with zero attached hydrogens (tertiary/aromatic N) is 2. The molecule has 1 aliphatic heterocycles. The quantitative estimate of drug-likeness (QED) is 0.644. The lowest BCUT2D eigenvalue weighted by atomic mass is 10.2. The Kier molecular flexibility index (Phi) is 1.72. The van der Waals surface area contributed by atoms with Gasteiger partial charge in [-0.2, -0.15) is 5.10 Å². The van der Waals surface area contributed by atoms with E-state index in [4.69, 9.17) is 0 Å². The average Bonchev–Trinajstić information content (AvgIpc) is 2.67. The summed E-state index contributed by atoms with van der Waals surface area (Å²) < 4.78 is 4.63. The van der Waals surface area contributed by atoms with Crippen molar-refractivity contribution in [2.24, 2.45) is 0 Å². The Morgan fingerprint density at radius 1 is 1.62 bits per heavy atom. The summed E-state index contributed by atoms with van der Waals surface area (Å²) >= 11 is 0. The summed E-state index contributed by atoms with van der Waals surface area (Å²) in [6.07, 6.45) is -0.288. The molecule has 1 N–H and O–H groups in total. The van der Waals surface area contributed by atoms with E-state index in [-0.39, 0.29) is 6.09 Å². The Hall–Kier alpha value is -1.52. The second kappa shape index (κ2) is 2.76. The van der Waals surface area contributed by atoms with Gasteiger partial charge in [0.05, 0.1) is 31.6 Å². The molecule has 0 aliphatic carbocycles. The van der Waals surface area contributed by atoms with Crippen LogP contribution in [-0.2, 0) is 17.8 Å². The third-order valence-electron chi connectivity index (χ3n) is 2.29. The zero-order valence-corrected chi connectivity index (χ0v) is 7.63. The number of nitrogens with one attached hydrogen (secondary N) is 1. The van der Waals surface area contributed by atoms with E-state index in [1.807, 2.05) is 6.92 Å². The predicted octanol–water partition coefficient (Wildman–Crippen LogP) is 0.800. The molecule has 0 saturated carbocycles. The van der Waals surface area contributed by atoms with E-state index in [9.17, 15) is 4.79 Å². The van der Waals surface area contributed by atoms with Crippen LogP contribution < -0.4 is 0 Å². The van der Waals surface area contributed by atoms with Gasteiger partial charge in [0.15, 0.2) is 0 Å². The number of carbonyl (C=O) groups is 1. The number of ether oxygens (including phenoxy) is 1. The Labute approximate surface area is 75.7 Å². The number of methoxy groups -OCH3 is 1. The van der Waals surface area contributed by atoms with E-state index < -0.39 is 0 Å². The lowest BCUT2D eigenvalue weighted by Crippen LogP contribution is -2.25. The SMILES string of the molecule is COC(=O)N1Cc2[nH]nc(C)c2C1. The third-order valence-corrected chi connectivity index (χ3v) is 2.29. The first-order valence-corrected chi connectivity index (χ1v) is 4.08. The van der Waals surface area contributed by atoms with Crippen LogP contribution in [0.5, 0.6) is 0 Å². The molecule has 0 radical (unpaired) electrons. The fourth-order valence-electron chi connectivity index (χ4n) is 1.54. The molecule has 0 saturated heterocycles. The lowest BCUT2D eigenvalue weighted by molar-refractivity contribution is 0.122. The number of hydrogen-bond acceptors (Lipinski definition) is 3. The van der Waals surface area contributed by atoms with E-state index in [2.05, 4.69) is 14.9 Å². The number of aromatic amines is 1. The molecule has 1 aliphatic rings. The van der Waals surface area contributed by atoms with Gasteiger partial charge in [-0.05, 0) is 6.92 Å². The van der Waals surface area contributed by atoms with Gasteiger partial charge in [-0.15, -0.1) is 0 Å². The highest BCUT2D eigenvalue weighted by atomic mass is 16.5. The predicted molar refractivity (Wildman–Crippen MR) is 45.0 cm³/mol. The highest BCUT2D eigenvalue weighted by Gasteiger charge is 2.26. The molecule has 0 spiro atoms. The van der Waals surface area contributed by atoms with Gasteiger partial charge >= 0.3 is 6.09 Å². The van der Waals surface area contributed by atoms with Crippen LogP contribution in [0.3, 0.4) is 0 Å². The van der Waals surface area contributed by atoms with Gasteiger partial charge in [-0.25, -0.2) is 4.79 Å². The number of aryl methyl sites for hydroxylation is 1. The third kappa shape index (κ3) is 1.16. The molecule has 0 unspecified atom stereocenters. The van der Waals surface area contributed by atoms with Gasteiger partial charge in [0.25, 0.3) is 0 Å². The zero-order valence-electron chi connectivity index (χ0n) is 7.63. The molecular formula is C8H11N3O2. The summed E-state index contributed by atoms with van der Waals surface area (Å²) in [5.74, 6) is 0. The summed E-state index contributed by atoms with van der Waals surface area (Å²) in [7, 11) is 1.39. The topological polar surface area (TPSA) is 58.2 Å². The first-order chi connectivity index (χ1) is 6.22. The number of aromatic nitrogens is 2. The summed E-state index contributed by atoms with van der Waals surface area (Å²) in [5, 5.41) is 6.95. The van der Waals surface area contributed by atoms with Crippen LogP contribution in [0, 0.1) is 6.92 Å². The summed E-state index contributed by atoms with van der Waals surface area (Å²) in [4.78, 5) is 12.8. The standard InChI is InChI=1S/C8H11N3O2/c1-5-6-3-11(8(12)13-2)4-7(6)10-9-5/h3-4H2,1-2H3,(H,9,10). The van der Waals surface area contributed by atoms with E-state index in [0.29, 0.717) is 13.1 Å². The summed E-state index contributed by atoms with van der Waals surface area (Å²) in [6.45, 7) is 3.10. The molecule has 0 bridgehead atoms. The van der Waals surface area contributed by atoms with Crippen molar-refractivity contribution in [3.63, 3.8) is 0 Å². The molecule has 0 fully saturated rings. The van der Waals surface area contributed by atoms with E-state index in [0.717, 1.165) is 17.0 Å². The molecule has 1 aromatic heterocycles. The second-order valence-electron chi connectivity index (χ2n) is 3.09. The number of carbonyl (C=O) groups excluding carboxylic acids is 1. The highest BCUT2D eigenvalue weighted by molar-refractivity contribution is 5.68. The van der Waals surface area contributed by atoms with Crippen LogP contribution in [0.25, 0.3) is 0 Å². The van der Waals surface area contributed by atoms with Crippen LogP contribution in [0.4, 0.5) is 4.79 Å². The Bertz CT molecular complexity index is 345. The average molecular weight is 181 g/mol. The van der Waals surface area contributed by atoms with E-state index in [1.54, 1.807) is 4.90 Å². The second-order valence-corrected chi connectivity index (χ2v) is 3.09. The fraction of sp³-hybridized carbons (Fsp3) is 0.500. The molecule has 0 aromatic carbocycles. The molecule has 1 amide bonds. The molecule has 13 heavy (non-hydrogen) atoms. The summed E-state index contributed by atoms with van der Waals surface area (Å²) in [6, 6.07) is 0. The van der Waals surface area contributed by atoms with Crippen LogP contribution in [0.15, 0.2) is 0 Å². The maximum absolute atomic E-state index is 11.2. The minimum Gasteiger partial charge on any atom is -0.453 e.